The first-order chi connectivity index (χ1) is 11.0. The summed E-state index contributed by atoms with van der Waals surface area (Å²) in [7, 11) is 1.63. The van der Waals surface area contributed by atoms with Crippen molar-refractivity contribution in [2.24, 2.45) is 5.73 Å². The van der Waals surface area contributed by atoms with E-state index in [0.29, 0.717) is 39.3 Å². The Labute approximate surface area is 140 Å². The van der Waals surface area contributed by atoms with Crippen molar-refractivity contribution < 1.29 is 4.74 Å². The fraction of sp³-hybridized carbons (Fsp3) is 0.133. The van der Waals surface area contributed by atoms with Gasteiger partial charge in [0.2, 0.25) is 0 Å². The van der Waals surface area contributed by atoms with Crippen LogP contribution in [0.5, 0.6) is 5.75 Å². The summed E-state index contributed by atoms with van der Waals surface area (Å²) in [4.78, 5) is 8.35. The number of methoxy groups -OCH3 is 1. The first-order valence-corrected chi connectivity index (χ1v) is 7.69. The fourth-order valence-electron chi connectivity index (χ4n) is 2.53. The number of nitrogens with zero attached hydrogens (tertiary/aromatic N) is 3. The van der Waals surface area contributed by atoms with Crippen molar-refractivity contribution in [3.8, 4) is 5.75 Å². The van der Waals surface area contributed by atoms with Gasteiger partial charge in [0.1, 0.15) is 0 Å². The molecule has 0 fully saturated rings. The molecule has 6 N–H and O–H groups in total. The maximum atomic E-state index is 6.28. The molecule has 0 unspecified atom stereocenters. The second-order valence-corrected chi connectivity index (χ2v) is 5.94. The number of anilines is 2. The molecule has 0 amide bonds. The summed E-state index contributed by atoms with van der Waals surface area (Å²) in [5.41, 5.74) is 20.6. The molecule has 1 aromatic carbocycles. The Bertz CT molecular complexity index is 887. The zero-order valence-electron chi connectivity index (χ0n) is 12.5. The first kappa shape index (κ1) is 15.3. The van der Waals surface area contributed by atoms with Crippen LogP contribution in [0.3, 0.4) is 0 Å². The molecule has 0 aliphatic heterocycles. The van der Waals surface area contributed by atoms with E-state index in [1.54, 1.807) is 7.11 Å². The van der Waals surface area contributed by atoms with Crippen LogP contribution in [-0.2, 0) is 6.54 Å². The van der Waals surface area contributed by atoms with Crippen molar-refractivity contribution >= 4 is 42.8 Å². The van der Waals surface area contributed by atoms with Crippen molar-refractivity contribution in [1.29, 1.82) is 0 Å². The number of aromatic nitrogens is 3. The summed E-state index contributed by atoms with van der Waals surface area (Å²) >= 11 is 2.78. The minimum absolute atomic E-state index is 0.350. The molecule has 2 heterocycles. The molecule has 7 nitrogen and oxygen atoms in total. The Morgan fingerprint density at radius 1 is 1.22 bits per heavy atom. The number of hydrogen-bond donors (Lipinski definition) is 3. The van der Waals surface area contributed by atoms with Crippen LogP contribution < -0.4 is 21.9 Å². The molecular weight excluding hydrogens is 359 g/mol. The molecule has 0 spiro atoms. The summed E-state index contributed by atoms with van der Waals surface area (Å²) in [6.45, 7) is 0.538. The number of hydrogen-bond acceptors (Lipinski definition) is 6. The van der Waals surface area contributed by atoms with Crippen LogP contribution in [0.15, 0.2) is 30.6 Å². The third-order valence-electron chi connectivity index (χ3n) is 3.66. The third-order valence-corrected chi connectivity index (χ3v) is 4.08. The van der Waals surface area contributed by atoms with E-state index in [9.17, 15) is 0 Å². The number of nitrogens with two attached hydrogens (primary N) is 3. The molecule has 3 aromatic rings. The van der Waals surface area contributed by atoms with Crippen molar-refractivity contribution in [2.75, 3.05) is 18.6 Å². The molecule has 0 saturated carbocycles. The van der Waals surface area contributed by atoms with Crippen LogP contribution >= 0.6 is 0 Å². The quantitative estimate of drug-likeness (QED) is 0.563. The second kappa shape index (κ2) is 5.91. The average Bonchev–Trinajstić information content (AvgIpc) is 2.82. The predicted octanol–water partition coefficient (Wildman–Crippen LogP) is 0.258. The van der Waals surface area contributed by atoms with Gasteiger partial charge in [-0.05, 0) is 0 Å². The van der Waals surface area contributed by atoms with E-state index in [2.05, 4.69) is 25.5 Å². The molecule has 23 heavy (non-hydrogen) atoms. The zero-order chi connectivity index (χ0) is 16.6. The van der Waals surface area contributed by atoms with Gasteiger partial charge in [0.15, 0.2) is 0 Å². The van der Waals surface area contributed by atoms with Gasteiger partial charge >= 0.3 is 140 Å². The fourth-order valence-corrected chi connectivity index (χ4v) is 2.97. The SMILES string of the molecule is COc1ccc(Cn2c(N)c(C(N)=[Se])c3c(N)ncnc32)cc1. The number of ether oxygens (including phenoxy) is 1. The molecule has 0 saturated heterocycles. The van der Waals surface area contributed by atoms with E-state index in [4.69, 9.17) is 21.9 Å². The van der Waals surface area contributed by atoms with Crippen LogP contribution in [0, 0.1) is 0 Å². The van der Waals surface area contributed by atoms with Crippen molar-refractivity contribution in [3.63, 3.8) is 0 Å². The van der Waals surface area contributed by atoms with E-state index in [-0.39, 0.29) is 0 Å². The molecule has 3 rings (SSSR count). The van der Waals surface area contributed by atoms with E-state index in [1.807, 2.05) is 28.8 Å². The van der Waals surface area contributed by atoms with Crippen LogP contribution in [0.4, 0.5) is 11.6 Å². The van der Waals surface area contributed by atoms with Gasteiger partial charge in [-0.25, -0.2) is 0 Å². The number of rotatable bonds is 4. The molecule has 0 bridgehead atoms. The summed E-state index contributed by atoms with van der Waals surface area (Å²) in [6.07, 6.45) is 1.42. The van der Waals surface area contributed by atoms with Crippen LogP contribution in [-0.4, -0.2) is 41.8 Å². The van der Waals surface area contributed by atoms with E-state index < -0.39 is 0 Å². The van der Waals surface area contributed by atoms with Crippen molar-refractivity contribution in [1.82, 2.24) is 14.5 Å². The van der Waals surface area contributed by atoms with E-state index >= 15 is 0 Å². The van der Waals surface area contributed by atoms with Gasteiger partial charge in [-0.3, -0.25) is 0 Å². The Kier molecular flexibility index (Phi) is 3.94. The van der Waals surface area contributed by atoms with Crippen LogP contribution in [0.2, 0.25) is 0 Å². The Balaban J connectivity index is 2.15. The van der Waals surface area contributed by atoms with Gasteiger partial charge in [0.05, 0.1) is 0 Å². The van der Waals surface area contributed by atoms with Crippen molar-refractivity contribution in [2.45, 2.75) is 6.54 Å². The first-order valence-electron chi connectivity index (χ1n) is 6.83. The standard InChI is InChI=1S/C15H16N6OSe/c1-22-9-4-2-8(3-5-9)6-21-13(17)11(14(18)23)10-12(16)19-7-20-15(10)21/h2-5,7H,6,17H2,1H3,(H2,18,23)(H2,16,19,20). The normalized spacial score (nSPS) is 10.8. The van der Waals surface area contributed by atoms with Crippen LogP contribution in [0.1, 0.15) is 11.1 Å². The number of nitrogen functional groups attached to an aromatic ring is 2. The molecule has 0 atom stereocenters. The van der Waals surface area contributed by atoms with Crippen LogP contribution in [0.25, 0.3) is 11.0 Å². The Morgan fingerprint density at radius 2 is 1.91 bits per heavy atom. The Hall–Kier alpha value is -2.57. The van der Waals surface area contributed by atoms with Gasteiger partial charge in [-0.1, -0.05) is 0 Å². The minimum atomic E-state index is 0.350. The number of benzene rings is 1. The van der Waals surface area contributed by atoms with Gasteiger partial charge in [0, 0.05) is 0 Å². The molecule has 2 aromatic heterocycles. The number of fused-ring (bicyclic) bond motifs is 1. The summed E-state index contributed by atoms with van der Waals surface area (Å²) < 4.78 is 7.50. The van der Waals surface area contributed by atoms with Crippen molar-refractivity contribution in [3.05, 3.63) is 41.7 Å². The monoisotopic (exact) mass is 376 g/mol. The molecule has 8 heteroatoms. The Morgan fingerprint density at radius 3 is 2.52 bits per heavy atom. The average molecular weight is 375 g/mol. The second-order valence-electron chi connectivity index (χ2n) is 5.02. The third kappa shape index (κ3) is 2.62. The van der Waals surface area contributed by atoms with Gasteiger partial charge in [-0.15, -0.1) is 0 Å². The topological polar surface area (TPSA) is 118 Å². The zero-order valence-corrected chi connectivity index (χ0v) is 14.2. The van der Waals surface area contributed by atoms with E-state index in [0.717, 1.165) is 11.3 Å². The molecule has 118 valence electrons. The molecule has 0 aliphatic carbocycles. The summed E-state index contributed by atoms with van der Waals surface area (Å²) in [6, 6.07) is 7.74. The summed E-state index contributed by atoms with van der Waals surface area (Å²) in [5, 5.41) is 0.662. The molecular formula is C15H16N6OSe. The van der Waals surface area contributed by atoms with Gasteiger partial charge in [-0.2, -0.15) is 0 Å². The summed E-state index contributed by atoms with van der Waals surface area (Å²) in [5.74, 6) is 1.65. The molecule has 0 aliphatic rings. The van der Waals surface area contributed by atoms with E-state index in [1.165, 1.54) is 6.33 Å². The predicted molar refractivity (Wildman–Crippen MR) is 92.5 cm³/mol. The van der Waals surface area contributed by atoms with Gasteiger partial charge in [0.25, 0.3) is 0 Å². The maximum absolute atomic E-state index is 6.28. The van der Waals surface area contributed by atoms with Gasteiger partial charge < -0.3 is 0 Å². The molecule has 0 radical (unpaired) electrons.